The summed E-state index contributed by atoms with van der Waals surface area (Å²) in [6, 6.07) is 4.52. The fraction of sp³-hybridized carbons (Fsp3) is 0.333. The van der Waals surface area contributed by atoms with Crippen molar-refractivity contribution in [1.29, 1.82) is 0 Å². The van der Waals surface area contributed by atoms with Crippen LogP contribution in [0.5, 0.6) is 5.75 Å². The third-order valence-electron chi connectivity index (χ3n) is 2.21. The molecule has 0 bridgehead atoms. The topological polar surface area (TPSA) is 52.4 Å². The van der Waals surface area contributed by atoms with E-state index >= 15 is 0 Å². The first-order chi connectivity index (χ1) is 6.66. The number of nitrogens with zero attached hydrogens (tertiary/aromatic N) is 1. The number of nitro groups is 1. The second kappa shape index (κ2) is 3.46. The molecule has 1 heterocycles. The van der Waals surface area contributed by atoms with E-state index in [-0.39, 0.29) is 11.5 Å². The molecule has 0 radical (unpaired) electrons. The summed E-state index contributed by atoms with van der Waals surface area (Å²) < 4.78 is 5.25. The Kier molecular flexibility index (Phi) is 2.29. The van der Waals surface area contributed by atoms with E-state index in [1.54, 1.807) is 18.2 Å². The maximum atomic E-state index is 10.5. The van der Waals surface area contributed by atoms with Crippen LogP contribution >= 0.6 is 11.6 Å². The maximum Gasteiger partial charge on any atom is 0.250 e. The van der Waals surface area contributed by atoms with Crippen molar-refractivity contribution in [3.8, 4) is 5.75 Å². The molecule has 0 spiro atoms. The molecule has 5 heteroatoms. The fourth-order valence-corrected chi connectivity index (χ4v) is 1.68. The van der Waals surface area contributed by atoms with Gasteiger partial charge in [0.25, 0.3) is 6.04 Å². The van der Waals surface area contributed by atoms with Crippen LogP contribution in [-0.2, 0) is 6.42 Å². The van der Waals surface area contributed by atoms with Gasteiger partial charge in [-0.15, -0.1) is 0 Å². The quantitative estimate of drug-likeness (QED) is 0.529. The molecule has 4 nitrogen and oxygen atoms in total. The minimum absolute atomic E-state index is 0.141. The molecular weight excluding hydrogens is 206 g/mol. The van der Waals surface area contributed by atoms with E-state index in [4.69, 9.17) is 16.3 Å². The number of hydrogen-bond donors (Lipinski definition) is 0. The van der Waals surface area contributed by atoms with E-state index in [9.17, 15) is 10.1 Å². The average molecular weight is 214 g/mol. The van der Waals surface area contributed by atoms with E-state index in [2.05, 4.69) is 0 Å². The average Bonchev–Trinajstić information content (AvgIpc) is 2.16. The second-order valence-corrected chi connectivity index (χ2v) is 3.64. The van der Waals surface area contributed by atoms with Gasteiger partial charge in [-0.1, -0.05) is 11.6 Å². The highest BCUT2D eigenvalue weighted by Gasteiger charge is 2.28. The molecule has 0 N–H and O–H groups in total. The standard InChI is InChI=1S/C9H8ClNO3/c10-7-1-2-9-6(3-7)4-8(5-14-9)11(12)13/h1-3,8H,4-5H2. The Morgan fingerprint density at radius 2 is 2.36 bits per heavy atom. The number of halogens is 1. The molecule has 2 rings (SSSR count). The highest BCUT2D eigenvalue weighted by molar-refractivity contribution is 6.30. The molecule has 14 heavy (non-hydrogen) atoms. The maximum absolute atomic E-state index is 10.5. The van der Waals surface area contributed by atoms with Crippen molar-refractivity contribution in [1.82, 2.24) is 0 Å². The van der Waals surface area contributed by atoms with Gasteiger partial charge in [0.2, 0.25) is 0 Å². The lowest BCUT2D eigenvalue weighted by Gasteiger charge is -2.19. The van der Waals surface area contributed by atoms with Gasteiger partial charge in [-0.2, -0.15) is 0 Å². The van der Waals surface area contributed by atoms with Crippen LogP contribution in [0.4, 0.5) is 0 Å². The zero-order chi connectivity index (χ0) is 10.1. The first-order valence-corrected chi connectivity index (χ1v) is 4.59. The van der Waals surface area contributed by atoms with Gasteiger partial charge < -0.3 is 4.74 Å². The van der Waals surface area contributed by atoms with Crippen molar-refractivity contribution >= 4 is 11.6 Å². The summed E-state index contributed by atoms with van der Waals surface area (Å²) in [6.45, 7) is 0.141. The molecule has 0 aromatic heterocycles. The first-order valence-electron chi connectivity index (χ1n) is 4.21. The minimum Gasteiger partial charge on any atom is -0.486 e. The highest BCUT2D eigenvalue weighted by atomic mass is 35.5. The third-order valence-corrected chi connectivity index (χ3v) is 2.44. The first kappa shape index (κ1) is 9.27. The van der Waals surface area contributed by atoms with Gasteiger partial charge in [-0.25, -0.2) is 0 Å². The summed E-state index contributed by atoms with van der Waals surface area (Å²) in [6.07, 6.45) is 0.392. The van der Waals surface area contributed by atoms with Crippen LogP contribution in [0.1, 0.15) is 5.56 Å². The number of ether oxygens (including phenoxy) is 1. The SMILES string of the molecule is O=[N+]([O-])C1COc2ccc(Cl)cc2C1. The van der Waals surface area contributed by atoms with E-state index in [0.29, 0.717) is 17.2 Å². The Hall–Kier alpha value is -1.29. The molecule has 1 aromatic carbocycles. The lowest BCUT2D eigenvalue weighted by molar-refractivity contribution is -0.525. The van der Waals surface area contributed by atoms with Gasteiger partial charge in [0.1, 0.15) is 5.75 Å². The van der Waals surface area contributed by atoms with Crippen LogP contribution in [0.3, 0.4) is 0 Å². The summed E-state index contributed by atoms with van der Waals surface area (Å²) in [7, 11) is 0. The summed E-state index contributed by atoms with van der Waals surface area (Å²) in [5.74, 6) is 0.701. The largest absolute Gasteiger partial charge is 0.486 e. The molecule has 1 aliphatic heterocycles. The van der Waals surface area contributed by atoms with Gasteiger partial charge in [0, 0.05) is 21.9 Å². The monoisotopic (exact) mass is 213 g/mol. The summed E-state index contributed by atoms with van der Waals surface area (Å²) in [4.78, 5) is 10.2. The molecule has 0 fully saturated rings. The number of benzene rings is 1. The lowest BCUT2D eigenvalue weighted by Crippen LogP contribution is -2.32. The predicted octanol–water partition coefficient (Wildman–Crippen LogP) is 1.92. The molecule has 0 aliphatic carbocycles. The van der Waals surface area contributed by atoms with E-state index in [1.807, 2.05) is 0 Å². The van der Waals surface area contributed by atoms with Crippen LogP contribution in [0.2, 0.25) is 5.02 Å². The zero-order valence-electron chi connectivity index (χ0n) is 7.27. The van der Waals surface area contributed by atoms with Crippen LogP contribution in [0, 0.1) is 10.1 Å². The molecule has 1 atom stereocenters. The number of hydrogen-bond acceptors (Lipinski definition) is 3. The number of fused-ring (bicyclic) bond motifs is 1. The Labute approximate surface area is 85.6 Å². The highest BCUT2D eigenvalue weighted by Crippen LogP contribution is 2.28. The molecule has 0 saturated heterocycles. The Morgan fingerprint density at radius 3 is 3.07 bits per heavy atom. The van der Waals surface area contributed by atoms with Gasteiger partial charge in [0.15, 0.2) is 6.61 Å². The molecule has 74 valence electrons. The van der Waals surface area contributed by atoms with E-state index in [1.165, 1.54) is 0 Å². The molecular formula is C9H8ClNO3. The molecule has 0 amide bonds. The van der Waals surface area contributed by atoms with Gasteiger partial charge in [-0.3, -0.25) is 10.1 Å². The molecule has 1 aliphatic rings. The Morgan fingerprint density at radius 1 is 1.57 bits per heavy atom. The lowest BCUT2D eigenvalue weighted by atomic mass is 10.0. The van der Waals surface area contributed by atoms with Crippen LogP contribution < -0.4 is 4.74 Å². The molecule has 1 aromatic rings. The van der Waals surface area contributed by atoms with Crippen LogP contribution in [0.15, 0.2) is 18.2 Å². The van der Waals surface area contributed by atoms with Crippen molar-refractivity contribution in [2.45, 2.75) is 12.5 Å². The second-order valence-electron chi connectivity index (χ2n) is 3.21. The van der Waals surface area contributed by atoms with Crippen molar-refractivity contribution in [3.05, 3.63) is 38.9 Å². The Balaban J connectivity index is 2.29. The van der Waals surface area contributed by atoms with Crippen molar-refractivity contribution in [3.63, 3.8) is 0 Å². The predicted molar refractivity (Wildman–Crippen MR) is 51.4 cm³/mol. The normalized spacial score (nSPS) is 19.6. The summed E-state index contributed by atoms with van der Waals surface area (Å²) in [5, 5.41) is 11.1. The fourth-order valence-electron chi connectivity index (χ4n) is 1.48. The van der Waals surface area contributed by atoms with E-state index in [0.717, 1.165) is 5.56 Å². The van der Waals surface area contributed by atoms with E-state index < -0.39 is 6.04 Å². The summed E-state index contributed by atoms with van der Waals surface area (Å²) in [5.41, 5.74) is 0.811. The van der Waals surface area contributed by atoms with Crippen LogP contribution in [-0.4, -0.2) is 17.6 Å². The Bertz CT molecular complexity index is 380. The smallest absolute Gasteiger partial charge is 0.250 e. The number of rotatable bonds is 1. The van der Waals surface area contributed by atoms with Gasteiger partial charge >= 0.3 is 0 Å². The molecule has 0 saturated carbocycles. The third kappa shape index (κ3) is 1.65. The van der Waals surface area contributed by atoms with Crippen molar-refractivity contribution in [2.75, 3.05) is 6.61 Å². The van der Waals surface area contributed by atoms with Gasteiger partial charge in [-0.05, 0) is 18.2 Å². The minimum atomic E-state index is -0.652. The molecule has 1 unspecified atom stereocenters. The van der Waals surface area contributed by atoms with Crippen molar-refractivity contribution in [2.24, 2.45) is 0 Å². The van der Waals surface area contributed by atoms with Gasteiger partial charge in [0.05, 0.1) is 0 Å². The van der Waals surface area contributed by atoms with Crippen LogP contribution in [0.25, 0.3) is 0 Å². The summed E-state index contributed by atoms with van der Waals surface area (Å²) >= 11 is 5.78. The van der Waals surface area contributed by atoms with Crippen molar-refractivity contribution < 1.29 is 9.66 Å². The zero-order valence-corrected chi connectivity index (χ0v) is 8.03.